The van der Waals surface area contributed by atoms with Crippen molar-refractivity contribution in [1.29, 1.82) is 0 Å². The predicted molar refractivity (Wildman–Crippen MR) is 139 cm³/mol. The summed E-state index contributed by atoms with van der Waals surface area (Å²) in [6, 6.07) is 13.4. The van der Waals surface area contributed by atoms with E-state index >= 15 is 0 Å². The molecule has 8 nitrogen and oxygen atoms in total. The highest BCUT2D eigenvalue weighted by atomic mass is 79.9. The number of nitrogens with zero attached hydrogens (tertiary/aromatic N) is 2. The highest BCUT2D eigenvalue weighted by Crippen LogP contribution is 2.25. The zero-order chi connectivity index (χ0) is 26.1. The third-order valence-electron chi connectivity index (χ3n) is 5.36. The normalized spacial score (nSPS) is 11.3. The van der Waals surface area contributed by atoms with E-state index in [0.717, 1.165) is 38.9 Å². The summed E-state index contributed by atoms with van der Waals surface area (Å²) in [4.78, 5) is 32.6. The van der Waals surface area contributed by atoms with Crippen molar-refractivity contribution < 1.29 is 28.7 Å². The van der Waals surface area contributed by atoms with Crippen molar-refractivity contribution in [3.8, 4) is 17.2 Å². The number of aliphatic carboxylic acids is 1. The van der Waals surface area contributed by atoms with Gasteiger partial charge >= 0.3 is 5.97 Å². The van der Waals surface area contributed by atoms with Crippen LogP contribution in [0.2, 0.25) is 0 Å². The van der Waals surface area contributed by atoms with Crippen molar-refractivity contribution >= 4 is 28.2 Å². The number of benzene rings is 2. The molecule has 0 fully saturated rings. The summed E-state index contributed by atoms with van der Waals surface area (Å²) in [5.74, 6) is 1.10. The van der Waals surface area contributed by atoms with Crippen LogP contribution in [-0.4, -0.2) is 46.7 Å². The van der Waals surface area contributed by atoms with Crippen LogP contribution < -0.4 is 4.74 Å². The molecule has 0 aliphatic rings. The Labute approximate surface area is 219 Å². The van der Waals surface area contributed by atoms with Crippen LogP contribution >= 0.6 is 15.9 Å². The Kier molecular flexibility index (Phi) is 10.2. The molecule has 0 saturated carbocycles. The molecule has 0 saturated heterocycles. The lowest BCUT2D eigenvalue weighted by Gasteiger charge is -2.23. The van der Waals surface area contributed by atoms with E-state index < -0.39 is 5.97 Å². The summed E-state index contributed by atoms with van der Waals surface area (Å²) >= 11 is 3.43. The molecular weight excluding hydrogens is 528 g/mol. The molecule has 0 aliphatic heterocycles. The average molecular weight is 559 g/mol. The zero-order valence-electron chi connectivity index (χ0n) is 20.7. The first-order valence-electron chi connectivity index (χ1n) is 11.8. The van der Waals surface area contributed by atoms with Gasteiger partial charge in [0.05, 0.1) is 24.9 Å². The summed E-state index contributed by atoms with van der Waals surface area (Å²) < 4.78 is 12.8. The van der Waals surface area contributed by atoms with Gasteiger partial charge in [-0.05, 0) is 74.7 Å². The van der Waals surface area contributed by atoms with Crippen LogP contribution in [0.1, 0.15) is 42.8 Å². The van der Waals surface area contributed by atoms with Gasteiger partial charge in [-0.3, -0.25) is 9.63 Å². The van der Waals surface area contributed by atoms with Gasteiger partial charge in [0.25, 0.3) is 0 Å². The third kappa shape index (κ3) is 8.29. The second-order valence-electron chi connectivity index (χ2n) is 8.59. The summed E-state index contributed by atoms with van der Waals surface area (Å²) in [7, 11) is 0. The van der Waals surface area contributed by atoms with Crippen LogP contribution in [0.15, 0.2) is 51.4 Å². The summed E-state index contributed by atoms with van der Waals surface area (Å²) in [5.41, 5.74) is 3.46. The quantitative estimate of drug-likeness (QED) is 0.207. The Hall–Kier alpha value is -3.01. The van der Waals surface area contributed by atoms with Crippen LogP contribution in [0.3, 0.4) is 0 Å². The standard InChI is InChI=1S/C27H31BrN2O6/c1-18(2)36-30(13-14-31)17-22-16-24(10-6-20(22)7-11-26(32)33)34-15-12-25-19(3)35-27(29-25)21-4-8-23(28)9-5-21/h4-6,8-10,14,16,18H,7,11-13,15,17H2,1-3H3,(H,32,33). The topological polar surface area (TPSA) is 102 Å². The number of aldehydes is 1. The maximum Gasteiger partial charge on any atom is 0.303 e. The fourth-order valence-electron chi connectivity index (χ4n) is 3.68. The van der Waals surface area contributed by atoms with Crippen molar-refractivity contribution in [2.75, 3.05) is 13.2 Å². The second-order valence-corrected chi connectivity index (χ2v) is 9.51. The lowest BCUT2D eigenvalue weighted by atomic mass is 10.0. The van der Waals surface area contributed by atoms with E-state index in [9.17, 15) is 9.59 Å². The van der Waals surface area contributed by atoms with Gasteiger partial charge in [0, 0.05) is 29.4 Å². The van der Waals surface area contributed by atoms with E-state index in [1.54, 1.807) is 5.06 Å². The molecule has 0 spiro atoms. The summed E-state index contributed by atoms with van der Waals surface area (Å²) in [6.45, 7) is 6.49. The van der Waals surface area contributed by atoms with Gasteiger partial charge in [0.1, 0.15) is 17.8 Å². The minimum atomic E-state index is -0.866. The van der Waals surface area contributed by atoms with Gasteiger partial charge in [0.2, 0.25) is 5.89 Å². The first-order chi connectivity index (χ1) is 17.2. The van der Waals surface area contributed by atoms with E-state index in [0.29, 0.717) is 37.6 Å². The number of carbonyl (C=O) groups excluding carboxylic acids is 1. The molecule has 1 heterocycles. The van der Waals surface area contributed by atoms with Gasteiger partial charge in [-0.25, -0.2) is 4.98 Å². The minimum absolute atomic E-state index is 0.0120. The second kappa shape index (κ2) is 13.3. The number of carboxylic acids is 1. The largest absolute Gasteiger partial charge is 0.493 e. The molecule has 3 aromatic rings. The molecule has 0 bridgehead atoms. The zero-order valence-corrected chi connectivity index (χ0v) is 22.3. The number of carboxylic acid groups (broad SMARTS) is 1. The Morgan fingerprint density at radius 3 is 2.58 bits per heavy atom. The van der Waals surface area contributed by atoms with E-state index in [4.69, 9.17) is 19.1 Å². The molecule has 2 aromatic carbocycles. The molecule has 3 rings (SSSR count). The molecule has 36 heavy (non-hydrogen) atoms. The lowest BCUT2D eigenvalue weighted by Crippen LogP contribution is -2.29. The maximum atomic E-state index is 11.1. The molecular formula is C27H31BrN2O6. The molecule has 0 aliphatic carbocycles. The number of ether oxygens (including phenoxy) is 1. The van der Waals surface area contributed by atoms with Crippen molar-refractivity contribution in [2.24, 2.45) is 0 Å². The molecule has 0 radical (unpaired) electrons. The van der Waals surface area contributed by atoms with Crippen molar-refractivity contribution in [3.05, 3.63) is 69.5 Å². The summed E-state index contributed by atoms with van der Waals surface area (Å²) in [6.07, 6.45) is 1.63. The van der Waals surface area contributed by atoms with Crippen LogP contribution in [0.5, 0.6) is 5.75 Å². The predicted octanol–water partition coefficient (Wildman–Crippen LogP) is 5.39. The first-order valence-corrected chi connectivity index (χ1v) is 12.6. The van der Waals surface area contributed by atoms with Crippen LogP contribution in [0.4, 0.5) is 0 Å². The number of hydrogen-bond acceptors (Lipinski definition) is 7. The Morgan fingerprint density at radius 1 is 1.17 bits per heavy atom. The number of aromatic nitrogens is 1. The Bertz CT molecular complexity index is 1160. The smallest absolute Gasteiger partial charge is 0.303 e. The molecule has 0 amide bonds. The number of oxazole rings is 1. The Morgan fingerprint density at radius 2 is 1.92 bits per heavy atom. The van der Waals surface area contributed by atoms with Crippen LogP contribution in [-0.2, 0) is 33.8 Å². The molecule has 9 heteroatoms. The van der Waals surface area contributed by atoms with Gasteiger partial charge in [-0.1, -0.05) is 22.0 Å². The molecule has 0 unspecified atom stereocenters. The van der Waals surface area contributed by atoms with E-state index in [-0.39, 0.29) is 19.1 Å². The average Bonchev–Trinajstić information content (AvgIpc) is 3.19. The molecule has 0 atom stereocenters. The van der Waals surface area contributed by atoms with E-state index in [1.165, 1.54) is 0 Å². The van der Waals surface area contributed by atoms with Crippen LogP contribution in [0.25, 0.3) is 11.5 Å². The van der Waals surface area contributed by atoms with E-state index in [2.05, 4.69) is 20.9 Å². The lowest BCUT2D eigenvalue weighted by molar-refractivity contribution is -0.192. The van der Waals surface area contributed by atoms with Gasteiger partial charge in [0.15, 0.2) is 0 Å². The highest BCUT2D eigenvalue weighted by molar-refractivity contribution is 9.10. The summed E-state index contributed by atoms with van der Waals surface area (Å²) in [5, 5.41) is 10.7. The number of carbonyl (C=O) groups is 2. The van der Waals surface area contributed by atoms with Crippen LogP contribution in [0, 0.1) is 6.92 Å². The molecule has 1 N–H and O–H groups in total. The van der Waals surface area contributed by atoms with Crippen molar-refractivity contribution in [1.82, 2.24) is 10.0 Å². The highest BCUT2D eigenvalue weighted by Gasteiger charge is 2.15. The monoisotopic (exact) mass is 558 g/mol. The fraction of sp³-hybridized carbons (Fsp3) is 0.370. The number of halogens is 1. The number of hydrogen-bond donors (Lipinski definition) is 1. The third-order valence-corrected chi connectivity index (χ3v) is 5.89. The van der Waals surface area contributed by atoms with Crippen molar-refractivity contribution in [2.45, 2.75) is 52.7 Å². The number of aryl methyl sites for hydroxylation is 2. The van der Waals surface area contributed by atoms with Gasteiger partial charge in [-0.2, -0.15) is 5.06 Å². The number of rotatable bonds is 14. The maximum absolute atomic E-state index is 11.1. The first kappa shape index (κ1) is 27.6. The number of hydroxylamine groups is 2. The fourth-order valence-corrected chi connectivity index (χ4v) is 3.95. The van der Waals surface area contributed by atoms with Crippen molar-refractivity contribution in [3.63, 3.8) is 0 Å². The van der Waals surface area contributed by atoms with Gasteiger partial charge < -0.3 is 19.1 Å². The van der Waals surface area contributed by atoms with Gasteiger partial charge in [-0.15, -0.1) is 0 Å². The van der Waals surface area contributed by atoms with E-state index in [1.807, 2.05) is 63.2 Å². The molecule has 1 aromatic heterocycles. The minimum Gasteiger partial charge on any atom is -0.493 e. The molecule has 192 valence electrons. The Balaban J connectivity index is 1.70. The SMILES string of the molecule is Cc1oc(-c2ccc(Br)cc2)nc1CCOc1ccc(CCC(=O)O)c(CN(CC=O)OC(C)C)c1.